The van der Waals surface area contributed by atoms with Gasteiger partial charge in [0.05, 0.1) is 17.3 Å². The Morgan fingerprint density at radius 1 is 1.13 bits per heavy atom. The van der Waals surface area contributed by atoms with Crippen LogP contribution in [-0.4, -0.2) is 58.4 Å². The second-order valence-corrected chi connectivity index (χ2v) is 8.08. The molecule has 2 fully saturated rings. The number of aliphatic hydroxyl groups excluding tert-OH is 1. The monoisotopic (exact) mass is 406 g/mol. The lowest BCUT2D eigenvalue weighted by atomic mass is 10.1. The molecule has 2 aliphatic heterocycles. The number of hydrogen-bond acceptors (Lipinski definition) is 7. The SMILES string of the molecule is O=c1[nH]c(N2CCC(O)C2)nc(NC2CCCNC2)c1-c1ccc2ccccc2n1. The smallest absolute Gasteiger partial charge is 0.263 e. The van der Waals surface area contributed by atoms with Crippen molar-refractivity contribution in [2.24, 2.45) is 0 Å². The van der Waals surface area contributed by atoms with E-state index in [2.05, 4.69) is 15.6 Å². The van der Waals surface area contributed by atoms with E-state index in [1.165, 1.54) is 0 Å². The fourth-order valence-corrected chi connectivity index (χ4v) is 4.26. The van der Waals surface area contributed by atoms with Gasteiger partial charge < -0.3 is 20.6 Å². The lowest BCUT2D eigenvalue weighted by Gasteiger charge is -2.26. The summed E-state index contributed by atoms with van der Waals surface area (Å²) in [4.78, 5) is 27.5. The van der Waals surface area contributed by atoms with E-state index in [4.69, 9.17) is 9.97 Å². The van der Waals surface area contributed by atoms with Crippen molar-refractivity contribution < 1.29 is 5.11 Å². The van der Waals surface area contributed by atoms with E-state index < -0.39 is 6.10 Å². The summed E-state index contributed by atoms with van der Waals surface area (Å²) >= 11 is 0. The molecule has 3 aromatic rings. The summed E-state index contributed by atoms with van der Waals surface area (Å²) in [5, 5.41) is 17.8. The summed E-state index contributed by atoms with van der Waals surface area (Å²) in [7, 11) is 0. The van der Waals surface area contributed by atoms with Gasteiger partial charge in [-0.1, -0.05) is 24.3 Å². The number of benzene rings is 1. The number of H-pyrrole nitrogens is 1. The number of piperidine rings is 1. The zero-order chi connectivity index (χ0) is 20.5. The molecule has 2 unspecified atom stereocenters. The van der Waals surface area contributed by atoms with Crippen molar-refractivity contribution in [3.05, 3.63) is 46.8 Å². The van der Waals surface area contributed by atoms with Crippen molar-refractivity contribution in [1.29, 1.82) is 0 Å². The van der Waals surface area contributed by atoms with Gasteiger partial charge in [0.2, 0.25) is 5.95 Å². The number of aliphatic hydroxyl groups is 1. The number of aromatic amines is 1. The third-order valence-corrected chi connectivity index (χ3v) is 5.86. The van der Waals surface area contributed by atoms with Gasteiger partial charge in [-0.05, 0) is 37.9 Å². The lowest BCUT2D eigenvalue weighted by Crippen LogP contribution is -2.39. The fraction of sp³-hybridized carbons (Fsp3) is 0.409. The number of aromatic nitrogens is 3. The number of β-amino-alcohol motifs (C(OH)–C–C–N with tert-alkyl or cyclic N) is 1. The molecule has 8 heteroatoms. The molecule has 2 aromatic heterocycles. The maximum Gasteiger partial charge on any atom is 0.263 e. The highest BCUT2D eigenvalue weighted by Gasteiger charge is 2.25. The zero-order valence-corrected chi connectivity index (χ0v) is 16.8. The van der Waals surface area contributed by atoms with Crippen LogP contribution in [0.1, 0.15) is 19.3 Å². The average molecular weight is 406 g/mol. The Balaban J connectivity index is 1.59. The topological polar surface area (TPSA) is 106 Å². The molecule has 5 rings (SSSR count). The molecular weight excluding hydrogens is 380 g/mol. The number of hydrogen-bond donors (Lipinski definition) is 4. The average Bonchev–Trinajstić information content (AvgIpc) is 3.20. The minimum Gasteiger partial charge on any atom is -0.391 e. The highest BCUT2D eigenvalue weighted by molar-refractivity contribution is 5.83. The second-order valence-electron chi connectivity index (χ2n) is 8.08. The first kappa shape index (κ1) is 19.0. The molecule has 30 heavy (non-hydrogen) atoms. The molecule has 0 amide bonds. The Hall–Kier alpha value is -2.97. The Morgan fingerprint density at radius 2 is 2.03 bits per heavy atom. The first-order chi connectivity index (χ1) is 14.7. The molecule has 2 atom stereocenters. The quantitative estimate of drug-likeness (QED) is 0.523. The normalized spacial score (nSPS) is 21.8. The van der Waals surface area contributed by atoms with Gasteiger partial charge >= 0.3 is 0 Å². The maximum atomic E-state index is 13.2. The van der Waals surface area contributed by atoms with Crippen LogP contribution >= 0.6 is 0 Å². The van der Waals surface area contributed by atoms with Crippen molar-refractivity contribution in [3.63, 3.8) is 0 Å². The van der Waals surface area contributed by atoms with E-state index in [9.17, 15) is 9.90 Å². The summed E-state index contributed by atoms with van der Waals surface area (Å²) in [5.41, 5.74) is 1.67. The molecule has 2 aliphatic rings. The number of para-hydroxylation sites is 1. The van der Waals surface area contributed by atoms with E-state index >= 15 is 0 Å². The molecule has 0 radical (unpaired) electrons. The fourth-order valence-electron chi connectivity index (χ4n) is 4.26. The number of pyridine rings is 1. The van der Waals surface area contributed by atoms with Crippen LogP contribution in [0.4, 0.5) is 11.8 Å². The summed E-state index contributed by atoms with van der Waals surface area (Å²) in [5.74, 6) is 1.04. The molecule has 0 saturated carbocycles. The first-order valence-corrected chi connectivity index (χ1v) is 10.6. The zero-order valence-electron chi connectivity index (χ0n) is 16.8. The number of fused-ring (bicyclic) bond motifs is 1. The maximum absolute atomic E-state index is 13.2. The van der Waals surface area contributed by atoms with Gasteiger partial charge in [0.25, 0.3) is 5.56 Å². The molecular formula is C22H26N6O2. The van der Waals surface area contributed by atoms with Crippen LogP contribution in [0.2, 0.25) is 0 Å². The minimum atomic E-state index is -0.393. The largest absolute Gasteiger partial charge is 0.391 e. The van der Waals surface area contributed by atoms with Crippen molar-refractivity contribution in [2.45, 2.75) is 31.4 Å². The van der Waals surface area contributed by atoms with Crippen LogP contribution < -0.4 is 21.1 Å². The Labute approximate surface area is 174 Å². The minimum absolute atomic E-state index is 0.198. The Kier molecular flexibility index (Phi) is 5.10. The predicted molar refractivity (Wildman–Crippen MR) is 118 cm³/mol. The van der Waals surface area contributed by atoms with Gasteiger partial charge in [-0.2, -0.15) is 4.98 Å². The summed E-state index contributed by atoms with van der Waals surface area (Å²) < 4.78 is 0. The number of nitrogens with zero attached hydrogens (tertiary/aromatic N) is 3. The molecule has 2 saturated heterocycles. The van der Waals surface area contributed by atoms with E-state index in [0.717, 1.165) is 36.8 Å². The van der Waals surface area contributed by atoms with E-state index in [-0.39, 0.29) is 11.6 Å². The van der Waals surface area contributed by atoms with Crippen molar-refractivity contribution in [2.75, 3.05) is 36.4 Å². The predicted octanol–water partition coefficient (Wildman–Crippen LogP) is 1.72. The molecule has 0 spiro atoms. The van der Waals surface area contributed by atoms with Crippen LogP contribution in [0.3, 0.4) is 0 Å². The molecule has 0 aliphatic carbocycles. The summed E-state index contributed by atoms with van der Waals surface area (Å²) in [6, 6.07) is 11.9. The Morgan fingerprint density at radius 3 is 2.83 bits per heavy atom. The van der Waals surface area contributed by atoms with Crippen LogP contribution in [-0.2, 0) is 0 Å². The number of anilines is 2. The molecule has 0 bridgehead atoms. The lowest BCUT2D eigenvalue weighted by molar-refractivity contribution is 0.198. The van der Waals surface area contributed by atoms with Gasteiger partial charge in [-0.3, -0.25) is 9.78 Å². The van der Waals surface area contributed by atoms with Crippen LogP contribution in [0, 0.1) is 0 Å². The van der Waals surface area contributed by atoms with E-state index in [1.807, 2.05) is 41.3 Å². The summed E-state index contributed by atoms with van der Waals surface area (Å²) in [6.45, 7) is 2.98. The van der Waals surface area contributed by atoms with Crippen LogP contribution in [0.15, 0.2) is 41.2 Å². The second kappa shape index (κ2) is 8.04. The van der Waals surface area contributed by atoms with Crippen molar-refractivity contribution >= 4 is 22.7 Å². The molecule has 1 aromatic carbocycles. The molecule has 4 heterocycles. The third kappa shape index (κ3) is 3.76. The van der Waals surface area contributed by atoms with Crippen LogP contribution in [0.5, 0.6) is 0 Å². The molecule has 8 nitrogen and oxygen atoms in total. The standard InChI is InChI=1S/C22H26N6O2/c29-16-9-11-28(13-16)22-26-20(24-15-5-3-10-23-12-15)19(21(30)27-22)18-8-7-14-4-1-2-6-17(14)25-18/h1-2,4,6-8,15-16,23,29H,3,5,9-13H2,(H2,24,26,27,30). The van der Waals surface area contributed by atoms with Gasteiger partial charge in [0, 0.05) is 31.1 Å². The van der Waals surface area contributed by atoms with Gasteiger partial charge in [0.15, 0.2) is 0 Å². The molecule has 156 valence electrons. The first-order valence-electron chi connectivity index (χ1n) is 10.6. The van der Waals surface area contributed by atoms with E-state index in [1.54, 1.807) is 0 Å². The van der Waals surface area contributed by atoms with Gasteiger partial charge in [0.1, 0.15) is 11.4 Å². The third-order valence-electron chi connectivity index (χ3n) is 5.86. The van der Waals surface area contributed by atoms with Gasteiger partial charge in [-0.15, -0.1) is 0 Å². The highest BCUT2D eigenvalue weighted by atomic mass is 16.3. The Bertz CT molecular complexity index is 1110. The number of nitrogens with one attached hydrogen (secondary N) is 3. The number of rotatable bonds is 4. The van der Waals surface area contributed by atoms with Gasteiger partial charge in [-0.25, -0.2) is 4.98 Å². The van der Waals surface area contributed by atoms with Crippen molar-refractivity contribution in [1.82, 2.24) is 20.3 Å². The van der Waals surface area contributed by atoms with Crippen LogP contribution in [0.25, 0.3) is 22.2 Å². The van der Waals surface area contributed by atoms with Crippen molar-refractivity contribution in [3.8, 4) is 11.3 Å². The van der Waals surface area contributed by atoms with E-state index in [0.29, 0.717) is 42.5 Å². The molecule has 4 N–H and O–H groups in total. The summed E-state index contributed by atoms with van der Waals surface area (Å²) in [6.07, 6.45) is 2.38. The highest BCUT2D eigenvalue weighted by Crippen LogP contribution is 2.27.